The molecule has 1 amide bonds. The molecule has 0 aromatic heterocycles. The first-order chi connectivity index (χ1) is 7.51. The molecule has 2 rings (SSSR count). The Hall–Kier alpha value is -0.770. The smallest absolute Gasteiger partial charge is 0.244 e. The lowest BCUT2D eigenvalue weighted by molar-refractivity contribution is -0.123. The van der Waals surface area contributed by atoms with Crippen molar-refractivity contribution in [2.24, 2.45) is 5.73 Å². The number of nitrogens with one attached hydrogen (secondary N) is 1. The number of benzene rings is 1. The normalized spacial score (nSPS) is 16.6. The molecule has 1 aromatic rings. The zero-order valence-corrected chi connectivity index (χ0v) is 11.2. The maximum absolute atomic E-state index is 11.9. The topological polar surface area (TPSA) is 55.1 Å². The van der Waals surface area contributed by atoms with Crippen LogP contribution in [0.25, 0.3) is 0 Å². The van der Waals surface area contributed by atoms with Crippen LogP contribution in [0.4, 0.5) is 5.69 Å². The Morgan fingerprint density at radius 1 is 1.47 bits per heavy atom. The van der Waals surface area contributed by atoms with Crippen LogP contribution in [0.3, 0.4) is 0 Å². The number of carbonyl (C=O) groups excluding carboxylic acids is 1. The van der Waals surface area contributed by atoms with Crippen molar-refractivity contribution in [3.8, 4) is 0 Å². The van der Waals surface area contributed by atoms with Crippen LogP contribution in [0.2, 0.25) is 5.02 Å². The van der Waals surface area contributed by atoms with Gasteiger partial charge in [0.1, 0.15) is 0 Å². The predicted octanol–water partition coefficient (Wildman–Crippen LogP) is 2.89. The molecule has 0 spiro atoms. The zero-order valence-electron chi connectivity index (χ0n) is 9.63. The number of anilines is 1. The molecular formula is C12H16Cl2N2O. The number of nitrogens with two attached hydrogens (primary N) is 1. The summed E-state index contributed by atoms with van der Waals surface area (Å²) in [6.07, 6.45) is 2.52. The first kappa shape index (κ1) is 14.3. The Kier molecular flexibility index (Phi) is 4.42. The summed E-state index contributed by atoms with van der Waals surface area (Å²) in [5, 5.41) is 3.34. The first-order valence-electron chi connectivity index (χ1n) is 5.38. The van der Waals surface area contributed by atoms with Gasteiger partial charge in [-0.2, -0.15) is 0 Å². The summed E-state index contributed by atoms with van der Waals surface area (Å²) in [6.45, 7) is 1.95. The summed E-state index contributed by atoms with van der Waals surface area (Å²) < 4.78 is 0. The zero-order chi connectivity index (χ0) is 11.8. The van der Waals surface area contributed by atoms with Crippen LogP contribution < -0.4 is 11.1 Å². The Balaban J connectivity index is 0.00000144. The van der Waals surface area contributed by atoms with Crippen molar-refractivity contribution in [3.63, 3.8) is 0 Å². The Bertz CT molecular complexity index is 431. The van der Waals surface area contributed by atoms with Crippen molar-refractivity contribution >= 4 is 35.6 Å². The van der Waals surface area contributed by atoms with Gasteiger partial charge in [-0.1, -0.05) is 17.7 Å². The van der Waals surface area contributed by atoms with Crippen LogP contribution in [-0.2, 0) is 4.79 Å². The van der Waals surface area contributed by atoms with E-state index in [1.807, 2.05) is 19.1 Å². The molecule has 0 atom stereocenters. The Labute approximate surface area is 112 Å². The van der Waals surface area contributed by atoms with E-state index in [0.717, 1.165) is 24.8 Å². The molecule has 17 heavy (non-hydrogen) atoms. The number of aryl methyl sites for hydroxylation is 1. The molecule has 1 aliphatic carbocycles. The second kappa shape index (κ2) is 5.25. The van der Waals surface area contributed by atoms with Crippen LogP contribution >= 0.6 is 24.0 Å². The van der Waals surface area contributed by atoms with E-state index in [-0.39, 0.29) is 18.3 Å². The van der Waals surface area contributed by atoms with E-state index in [2.05, 4.69) is 5.32 Å². The van der Waals surface area contributed by atoms with Crippen molar-refractivity contribution in [2.75, 3.05) is 5.32 Å². The van der Waals surface area contributed by atoms with Gasteiger partial charge in [-0.3, -0.25) is 4.79 Å². The van der Waals surface area contributed by atoms with Crippen LogP contribution in [0.5, 0.6) is 0 Å². The Morgan fingerprint density at radius 2 is 2.12 bits per heavy atom. The summed E-state index contributed by atoms with van der Waals surface area (Å²) >= 11 is 6.03. The molecule has 0 saturated heterocycles. The number of hydrogen-bond acceptors (Lipinski definition) is 2. The van der Waals surface area contributed by atoms with Crippen LogP contribution in [0.1, 0.15) is 24.8 Å². The largest absolute Gasteiger partial charge is 0.323 e. The van der Waals surface area contributed by atoms with Crippen molar-refractivity contribution in [1.29, 1.82) is 0 Å². The minimum Gasteiger partial charge on any atom is -0.323 e. The van der Waals surface area contributed by atoms with Gasteiger partial charge in [0, 0.05) is 0 Å². The molecule has 5 heteroatoms. The van der Waals surface area contributed by atoms with Gasteiger partial charge < -0.3 is 11.1 Å². The fraction of sp³-hybridized carbons (Fsp3) is 0.417. The van der Waals surface area contributed by atoms with Gasteiger partial charge in [-0.25, -0.2) is 0 Å². The number of rotatable bonds is 2. The van der Waals surface area contributed by atoms with Crippen molar-refractivity contribution in [1.82, 2.24) is 0 Å². The lowest BCUT2D eigenvalue weighted by Crippen LogP contribution is -2.56. The highest BCUT2D eigenvalue weighted by Crippen LogP contribution is 2.31. The molecule has 1 saturated carbocycles. The van der Waals surface area contributed by atoms with E-state index in [1.165, 1.54) is 0 Å². The molecule has 0 bridgehead atoms. The average Bonchev–Trinajstić information content (AvgIpc) is 2.18. The highest BCUT2D eigenvalue weighted by Gasteiger charge is 2.40. The fourth-order valence-corrected chi connectivity index (χ4v) is 2.04. The third-order valence-corrected chi connectivity index (χ3v) is 3.38. The maximum Gasteiger partial charge on any atom is 0.244 e. The van der Waals surface area contributed by atoms with Gasteiger partial charge in [0.05, 0.1) is 16.2 Å². The quantitative estimate of drug-likeness (QED) is 0.872. The molecule has 0 heterocycles. The van der Waals surface area contributed by atoms with Gasteiger partial charge >= 0.3 is 0 Å². The number of amides is 1. The van der Waals surface area contributed by atoms with E-state index in [9.17, 15) is 4.79 Å². The van der Waals surface area contributed by atoms with E-state index in [1.54, 1.807) is 6.07 Å². The minimum atomic E-state index is -0.686. The van der Waals surface area contributed by atoms with Crippen LogP contribution in [0.15, 0.2) is 18.2 Å². The van der Waals surface area contributed by atoms with Gasteiger partial charge in [0.15, 0.2) is 0 Å². The number of hydrogen-bond donors (Lipinski definition) is 2. The van der Waals surface area contributed by atoms with Gasteiger partial charge in [0.2, 0.25) is 5.91 Å². The lowest BCUT2D eigenvalue weighted by Gasteiger charge is -2.36. The first-order valence-corrected chi connectivity index (χ1v) is 5.75. The van der Waals surface area contributed by atoms with E-state index >= 15 is 0 Å². The molecule has 1 aliphatic rings. The highest BCUT2D eigenvalue weighted by molar-refractivity contribution is 6.33. The molecule has 0 aliphatic heterocycles. The number of carbonyl (C=O) groups is 1. The highest BCUT2D eigenvalue weighted by atomic mass is 35.5. The second-order valence-electron chi connectivity index (χ2n) is 4.45. The molecule has 1 aromatic carbocycles. The summed E-state index contributed by atoms with van der Waals surface area (Å²) in [6, 6.07) is 5.53. The van der Waals surface area contributed by atoms with E-state index in [4.69, 9.17) is 17.3 Å². The average molecular weight is 275 g/mol. The molecule has 0 unspecified atom stereocenters. The van der Waals surface area contributed by atoms with Gasteiger partial charge in [-0.05, 0) is 43.9 Å². The molecule has 3 N–H and O–H groups in total. The van der Waals surface area contributed by atoms with E-state index < -0.39 is 5.54 Å². The molecule has 3 nitrogen and oxygen atoms in total. The van der Waals surface area contributed by atoms with Crippen LogP contribution in [-0.4, -0.2) is 11.4 Å². The van der Waals surface area contributed by atoms with Gasteiger partial charge in [-0.15, -0.1) is 12.4 Å². The van der Waals surface area contributed by atoms with E-state index in [0.29, 0.717) is 10.7 Å². The number of halogens is 2. The fourth-order valence-electron chi connectivity index (χ4n) is 1.75. The van der Waals surface area contributed by atoms with Gasteiger partial charge in [0.25, 0.3) is 0 Å². The second-order valence-corrected chi connectivity index (χ2v) is 4.85. The summed E-state index contributed by atoms with van der Waals surface area (Å²) in [4.78, 5) is 11.9. The summed E-state index contributed by atoms with van der Waals surface area (Å²) in [7, 11) is 0. The minimum absolute atomic E-state index is 0. The predicted molar refractivity (Wildman–Crippen MR) is 72.8 cm³/mol. The monoisotopic (exact) mass is 274 g/mol. The summed E-state index contributed by atoms with van der Waals surface area (Å²) in [5.74, 6) is -0.135. The summed E-state index contributed by atoms with van der Waals surface area (Å²) in [5.41, 5.74) is 6.93. The third kappa shape index (κ3) is 2.92. The van der Waals surface area contributed by atoms with Crippen molar-refractivity contribution < 1.29 is 4.79 Å². The van der Waals surface area contributed by atoms with Crippen LogP contribution in [0, 0.1) is 6.92 Å². The molecule has 0 radical (unpaired) electrons. The SMILES string of the molecule is Cc1ccc(NC(=O)C2(N)CCC2)c(Cl)c1.Cl. The molecule has 1 fully saturated rings. The van der Waals surface area contributed by atoms with Crippen molar-refractivity contribution in [3.05, 3.63) is 28.8 Å². The molecular weight excluding hydrogens is 259 g/mol. The van der Waals surface area contributed by atoms with Crippen molar-refractivity contribution in [2.45, 2.75) is 31.7 Å². The molecule has 94 valence electrons. The third-order valence-electron chi connectivity index (χ3n) is 3.07. The lowest BCUT2D eigenvalue weighted by atomic mass is 9.77. The standard InChI is InChI=1S/C12H15ClN2O.ClH/c1-8-3-4-10(9(13)7-8)15-11(16)12(14)5-2-6-12;/h3-4,7H,2,5-6,14H2,1H3,(H,15,16);1H. The maximum atomic E-state index is 11.9. The Morgan fingerprint density at radius 3 is 2.59 bits per heavy atom.